The molecule has 2 heterocycles. The van der Waals surface area contributed by atoms with E-state index in [1.54, 1.807) is 27.4 Å². The van der Waals surface area contributed by atoms with E-state index in [9.17, 15) is 14.4 Å². The third kappa shape index (κ3) is 4.94. The largest absolute Gasteiger partial charge is 0.450 e. The molecular weight excluding hydrogens is 452 g/mol. The summed E-state index contributed by atoms with van der Waals surface area (Å²) in [7, 11) is 0. The molecule has 9 heteroatoms. The van der Waals surface area contributed by atoms with Gasteiger partial charge >= 0.3 is 6.09 Å². The van der Waals surface area contributed by atoms with Crippen molar-refractivity contribution in [2.75, 3.05) is 38.5 Å². The van der Waals surface area contributed by atoms with Crippen LogP contribution in [0.4, 0.5) is 4.79 Å². The third-order valence-corrected chi connectivity index (χ3v) is 6.90. The normalized spacial score (nSPS) is 13.9. The van der Waals surface area contributed by atoms with E-state index < -0.39 is 0 Å². The van der Waals surface area contributed by atoms with Crippen molar-refractivity contribution in [2.45, 2.75) is 25.9 Å². The molecule has 0 aliphatic carbocycles. The van der Waals surface area contributed by atoms with Crippen molar-refractivity contribution in [3.63, 3.8) is 0 Å². The van der Waals surface area contributed by atoms with Gasteiger partial charge in [0.2, 0.25) is 5.91 Å². The molecule has 1 fully saturated rings. The number of para-hydroxylation sites is 1. The predicted molar refractivity (Wildman–Crippen MR) is 133 cm³/mol. The topological polar surface area (TPSA) is 84.7 Å². The van der Waals surface area contributed by atoms with Crippen LogP contribution < -0.4 is 5.56 Å². The Morgan fingerprint density at radius 1 is 1.00 bits per heavy atom. The quantitative estimate of drug-likeness (QED) is 0.411. The number of hydrogen-bond acceptors (Lipinski definition) is 6. The molecule has 0 bridgehead atoms. The van der Waals surface area contributed by atoms with Gasteiger partial charge in [-0.05, 0) is 56.2 Å². The highest BCUT2D eigenvalue weighted by atomic mass is 32.2. The fraction of sp³-hybridized carbons (Fsp3) is 0.360. The van der Waals surface area contributed by atoms with Crippen LogP contribution in [0.5, 0.6) is 0 Å². The number of benzene rings is 2. The molecular formula is C25H28N4O4S. The minimum Gasteiger partial charge on any atom is -0.450 e. The summed E-state index contributed by atoms with van der Waals surface area (Å²) in [5, 5.41) is 1.01. The number of piperazine rings is 1. The second-order valence-corrected chi connectivity index (χ2v) is 9.12. The molecule has 0 atom stereocenters. The van der Waals surface area contributed by atoms with Gasteiger partial charge in [0, 0.05) is 26.2 Å². The van der Waals surface area contributed by atoms with Crippen LogP contribution in [-0.4, -0.2) is 69.9 Å². The molecule has 34 heavy (non-hydrogen) atoms. The Hall–Kier alpha value is -3.33. The van der Waals surface area contributed by atoms with E-state index in [2.05, 4.69) is 0 Å². The monoisotopic (exact) mass is 480 g/mol. The van der Waals surface area contributed by atoms with Gasteiger partial charge in [-0.15, -0.1) is 0 Å². The standard InChI is InChI=1S/C25H28N4O4S/c1-4-33-25(32)28-13-11-27(12-14-28)22(30)16-34-24-26-21-8-6-5-7-20(21)23(31)29(24)19-10-9-17(2)18(3)15-19/h5-10,15H,4,11-14,16H2,1-3H3. The number of thioether (sulfide) groups is 1. The summed E-state index contributed by atoms with van der Waals surface area (Å²) in [6.07, 6.45) is -0.346. The summed E-state index contributed by atoms with van der Waals surface area (Å²) in [5.74, 6) is 0.0947. The van der Waals surface area contributed by atoms with Gasteiger partial charge in [0.15, 0.2) is 5.16 Å². The van der Waals surface area contributed by atoms with Gasteiger partial charge in [0.1, 0.15) is 0 Å². The lowest BCUT2D eigenvalue weighted by Crippen LogP contribution is -2.51. The van der Waals surface area contributed by atoms with E-state index >= 15 is 0 Å². The number of carbonyl (C=O) groups is 2. The third-order valence-electron chi connectivity index (χ3n) is 5.98. The Balaban J connectivity index is 1.56. The molecule has 1 aromatic heterocycles. The number of aromatic nitrogens is 2. The van der Waals surface area contributed by atoms with E-state index in [1.807, 2.05) is 50.2 Å². The average molecular weight is 481 g/mol. The van der Waals surface area contributed by atoms with Gasteiger partial charge < -0.3 is 14.5 Å². The number of nitrogens with zero attached hydrogens (tertiary/aromatic N) is 4. The molecule has 8 nitrogen and oxygen atoms in total. The SMILES string of the molecule is CCOC(=O)N1CCN(C(=O)CSc2nc3ccccc3c(=O)n2-c2ccc(C)c(C)c2)CC1. The second kappa shape index (κ2) is 10.3. The molecule has 3 aromatic rings. The van der Waals surface area contributed by atoms with E-state index in [1.165, 1.54) is 11.8 Å². The van der Waals surface area contributed by atoms with Crippen LogP contribution in [0, 0.1) is 13.8 Å². The summed E-state index contributed by atoms with van der Waals surface area (Å²) in [5.41, 5.74) is 3.38. The van der Waals surface area contributed by atoms with Crippen LogP contribution >= 0.6 is 11.8 Å². The number of carbonyl (C=O) groups excluding carboxylic acids is 2. The van der Waals surface area contributed by atoms with Crippen molar-refractivity contribution < 1.29 is 14.3 Å². The molecule has 0 spiro atoms. The van der Waals surface area contributed by atoms with Crippen LogP contribution in [0.15, 0.2) is 52.4 Å². The molecule has 178 valence electrons. The highest BCUT2D eigenvalue weighted by molar-refractivity contribution is 7.99. The molecule has 1 aliphatic heterocycles. The first-order chi connectivity index (χ1) is 16.4. The summed E-state index contributed by atoms with van der Waals surface area (Å²) >= 11 is 1.25. The number of ether oxygens (including phenoxy) is 1. The lowest BCUT2D eigenvalue weighted by Gasteiger charge is -2.34. The van der Waals surface area contributed by atoms with Crippen molar-refractivity contribution in [2.24, 2.45) is 0 Å². The van der Waals surface area contributed by atoms with Crippen molar-refractivity contribution in [1.29, 1.82) is 0 Å². The number of hydrogen-bond donors (Lipinski definition) is 0. The Morgan fingerprint density at radius 3 is 2.41 bits per heavy atom. The van der Waals surface area contributed by atoms with Crippen molar-refractivity contribution in [3.05, 3.63) is 63.9 Å². The Labute approximate surface area is 202 Å². The first-order valence-corrected chi connectivity index (χ1v) is 12.3. The van der Waals surface area contributed by atoms with Crippen molar-refractivity contribution in [1.82, 2.24) is 19.4 Å². The minimum absolute atomic E-state index is 0.0532. The highest BCUT2D eigenvalue weighted by Crippen LogP contribution is 2.23. The number of amides is 2. The molecule has 1 saturated heterocycles. The summed E-state index contributed by atoms with van der Waals surface area (Å²) in [6.45, 7) is 7.91. The maximum Gasteiger partial charge on any atom is 0.409 e. The second-order valence-electron chi connectivity index (χ2n) is 8.18. The van der Waals surface area contributed by atoms with E-state index in [0.29, 0.717) is 48.8 Å². The molecule has 1 aliphatic rings. The van der Waals surface area contributed by atoms with Gasteiger partial charge in [-0.25, -0.2) is 9.78 Å². The lowest BCUT2D eigenvalue weighted by molar-refractivity contribution is -0.129. The smallest absolute Gasteiger partial charge is 0.409 e. The maximum atomic E-state index is 13.4. The number of aryl methyl sites for hydroxylation is 2. The van der Waals surface area contributed by atoms with E-state index in [-0.39, 0.29) is 23.3 Å². The maximum absolute atomic E-state index is 13.4. The zero-order chi connectivity index (χ0) is 24.2. The number of rotatable bonds is 5. The van der Waals surface area contributed by atoms with E-state index in [4.69, 9.17) is 9.72 Å². The fourth-order valence-corrected chi connectivity index (χ4v) is 4.79. The van der Waals surface area contributed by atoms with Gasteiger partial charge in [0.05, 0.1) is 29.0 Å². The van der Waals surface area contributed by atoms with Crippen molar-refractivity contribution in [3.8, 4) is 5.69 Å². The summed E-state index contributed by atoms with van der Waals surface area (Å²) < 4.78 is 6.63. The van der Waals surface area contributed by atoms with Gasteiger partial charge in [-0.3, -0.25) is 14.2 Å². The molecule has 2 amide bonds. The molecule has 0 saturated carbocycles. The summed E-state index contributed by atoms with van der Waals surface area (Å²) in [4.78, 5) is 46.3. The Kier molecular flexibility index (Phi) is 7.21. The van der Waals surface area contributed by atoms with Crippen LogP contribution in [-0.2, 0) is 9.53 Å². The highest BCUT2D eigenvalue weighted by Gasteiger charge is 2.25. The van der Waals surface area contributed by atoms with Crippen LogP contribution in [0.3, 0.4) is 0 Å². The van der Waals surface area contributed by atoms with Crippen LogP contribution in [0.2, 0.25) is 0 Å². The Morgan fingerprint density at radius 2 is 1.71 bits per heavy atom. The first kappa shape index (κ1) is 23.8. The minimum atomic E-state index is -0.346. The number of fused-ring (bicyclic) bond motifs is 1. The fourth-order valence-electron chi connectivity index (χ4n) is 3.87. The average Bonchev–Trinajstić information content (AvgIpc) is 2.85. The van der Waals surface area contributed by atoms with Crippen LogP contribution in [0.25, 0.3) is 16.6 Å². The molecule has 0 radical (unpaired) electrons. The molecule has 2 aromatic carbocycles. The van der Waals surface area contributed by atoms with Gasteiger partial charge in [0.25, 0.3) is 5.56 Å². The first-order valence-electron chi connectivity index (χ1n) is 11.3. The molecule has 4 rings (SSSR count). The molecule has 0 N–H and O–H groups in total. The van der Waals surface area contributed by atoms with Crippen molar-refractivity contribution >= 4 is 34.7 Å². The predicted octanol–water partition coefficient (Wildman–Crippen LogP) is 3.40. The van der Waals surface area contributed by atoms with Gasteiger partial charge in [-0.1, -0.05) is 30.0 Å². The van der Waals surface area contributed by atoms with Gasteiger partial charge in [-0.2, -0.15) is 0 Å². The zero-order valence-electron chi connectivity index (χ0n) is 19.6. The summed E-state index contributed by atoms with van der Waals surface area (Å²) in [6, 6.07) is 13.1. The molecule has 0 unspecified atom stereocenters. The van der Waals surface area contributed by atoms with Crippen LogP contribution in [0.1, 0.15) is 18.1 Å². The zero-order valence-corrected chi connectivity index (χ0v) is 20.4. The Bertz CT molecular complexity index is 1280. The lowest BCUT2D eigenvalue weighted by atomic mass is 10.1. The van der Waals surface area contributed by atoms with E-state index in [0.717, 1.165) is 16.8 Å².